The number of aromatic nitrogens is 2. The first-order chi connectivity index (χ1) is 8.70. The molecule has 2 aromatic rings. The molecule has 0 aliphatic carbocycles. The van der Waals surface area contributed by atoms with Gasteiger partial charge < -0.3 is 4.74 Å². The van der Waals surface area contributed by atoms with E-state index >= 15 is 0 Å². The molecule has 0 saturated carbocycles. The maximum Gasteiger partial charge on any atom is 0.421 e. The Morgan fingerprint density at radius 2 is 2.11 bits per heavy atom. The number of benzene rings is 1. The third-order valence-corrected chi connectivity index (χ3v) is 3.21. The largest absolute Gasteiger partial charge is 0.460 e. The maximum atomic E-state index is 11.9. The summed E-state index contributed by atoms with van der Waals surface area (Å²) in [7, 11) is 3.32. The van der Waals surface area contributed by atoms with E-state index in [1.165, 1.54) is 7.11 Å². The van der Waals surface area contributed by atoms with Crippen molar-refractivity contribution >= 4 is 17.0 Å². The Balaban J connectivity index is 2.65. The van der Waals surface area contributed by atoms with Crippen molar-refractivity contribution in [1.82, 2.24) is 4.57 Å². The molecular formula is C14H19N2O2+. The van der Waals surface area contributed by atoms with Gasteiger partial charge in [0.15, 0.2) is 11.0 Å². The van der Waals surface area contributed by atoms with Gasteiger partial charge in [0, 0.05) is 0 Å². The summed E-state index contributed by atoms with van der Waals surface area (Å²) in [5, 5.41) is 0. The second kappa shape index (κ2) is 5.21. The van der Waals surface area contributed by atoms with E-state index < -0.39 is 0 Å². The number of aryl methyl sites for hydroxylation is 2. The van der Waals surface area contributed by atoms with Crippen LogP contribution in [0.25, 0.3) is 11.0 Å². The van der Waals surface area contributed by atoms with Gasteiger partial charge in [0.2, 0.25) is 0 Å². The summed E-state index contributed by atoms with van der Waals surface area (Å²) in [6, 6.07) is 8.03. The van der Waals surface area contributed by atoms with Crippen LogP contribution >= 0.6 is 0 Å². The highest BCUT2D eigenvalue weighted by Gasteiger charge is 2.28. The van der Waals surface area contributed by atoms with Gasteiger partial charge in [-0.25, -0.2) is 13.9 Å². The summed E-state index contributed by atoms with van der Waals surface area (Å²) in [6.07, 6.45) is 2.14. The predicted molar refractivity (Wildman–Crippen MR) is 69.4 cm³/mol. The molecule has 18 heavy (non-hydrogen) atoms. The van der Waals surface area contributed by atoms with Gasteiger partial charge >= 0.3 is 11.8 Å². The van der Waals surface area contributed by atoms with E-state index in [4.69, 9.17) is 4.74 Å². The molecule has 0 bridgehead atoms. The molecular weight excluding hydrogens is 228 g/mol. The first-order valence-corrected chi connectivity index (χ1v) is 6.26. The van der Waals surface area contributed by atoms with Gasteiger partial charge in [0.25, 0.3) is 0 Å². The number of fused-ring (bicyclic) bond motifs is 1. The van der Waals surface area contributed by atoms with Crippen molar-refractivity contribution in [2.45, 2.75) is 26.3 Å². The zero-order chi connectivity index (χ0) is 13.1. The lowest BCUT2D eigenvalue weighted by molar-refractivity contribution is -0.648. The van der Waals surface area contributed by atoms with Crippen LogP contribution in [0, 0.1) is 0 Å². The van der Waals surface area contributed by atoms with E-state index in [-0.39, 0.29) is 5.97 Å². The van der Waals surface area contributed by atoms with Gasteiger partial charge in [0.05, 0.1) is 20.7 Å². The number of methoxy groups -OCH3 is 1. The third-order valence-electron chi connectivity index (χ3n) is 3.21. The molecule has 0 fully saturated rings. The Bertz CT molecular complexity index is 572. The highest BCUT2D eigenvalue weighted by atomic mass is 16.5. The molecule has 0 atom stereocenters. The third kappa shape index (κ3) is 1.98. The Labute approximate surface area is 107 Å². The van der Waals surface area contributed by atoms with Crippen LogP contribution in [0.4, 0.5) is 0 Å². The molecule has 96 valence electrons. The van der Waals surface area contributed by atoms with Gasteiger partial charge in [-0.1, -0.05) is 25.5 Å². The number of para-hydroxylation sites is 2. The number of esters is 1. The summed E-state index contributed by atoms with van der Waals surface area (Å²) < 4.78 is 8.83. The molecule has 1 aromatic carbocycles. The van der Waals surface area contributed by atoms with Crippen molar-refractivity contribution in [2.75, 3.05) is 7.11 Å². The van der Waals surface area contributed by atoms with Crippen LogP contribution in [0.2, 0.25) is 0 Å². The standard InChI is InChI=1S/C14H19N2O2/c1-4-5-10-16-12-9-7-6-8-11(12)15(2)13(16)14(17)18-3/h6-9H,4-5,10H2,1-3H3/q+1. The smallest absolute Gasteiger partial charge is 0.421 e. The number of ether oxygens (including phenoxy) is 1. The Morgan fingerprint density at radius 3 is 2.78 bits per heavy atom. The summed E-state index contributed by atoms with van der Waals surface area (Å²) in [4.78, 5) is 11.9. The van der Waals surface area contributed by atoms with Gasteiger partial charge in [-0.3, -0.25) is 0 Å². The molecule has 0 unspecified atom stereocenters. The SMILES string of the molecule is CCCCn1c(C(=O)OC)[n+](C)c2ccccc21. The average molecular weight is 247 g/mol. The molecule has 0 radical (unpaired) electrons. The molecule has 0 saturated heterocycles. The molecule has 2 rings (SSSR count). The van der Waals surface area contributed by atoms with E-state index in [9.17, 15) is 4.79 Å². The Hall–Kier alpha value is -1.84. The van der Waals surface area contributed by atoms with Crippen molar-refractivity contribution in [2.24, 2.45) is 7.05 Å². The molecule has 1 heterocycles. The predicted octanol–water partition coefficient (Wildman–Crippen LogP) is 2.05. The lowest BCUT2D eigenvalue weighted by Crippen LogP contribution is -2.36. The van der Waals surface area contributed by atoms with Crippen LogP contribution in [0.5, 0.6) is 0 Å². The number of unbranched alkanes of at least 4 members (excludes halogenated alkanes) is 1. The minimum Gasteiger partial charge on any atom is -0.460 e. The summed E-state index contributed by atoms with van der Waals surface area (Å²) in [5.74, 6) is 0.317. The highest BCUT2D eigenvalue weighted by Crippen LogP contribution is 2.15. The molecule has 0 N–H and O–H groups in total. The van der Waals surface area contributed by atoms with Crippen molar-refractivity contribution in [3.05, 3.63) is 30.1 Å². The van der Waals surface area contributed by atoms with Gasteiger partial charge in [-0.2, -0.15) is 0 Å². The van der Waals surface area contributed by atoms with E-state index in [2.05, 4.69) is 6.92 Å². The van der Waals surface area contributed by atoms with E-state index in [1.54, 1.807) is 0 Å². The zero-order valence-electron chi connectivity index (χ0n) is 11.1. The second-order valence-corrected chi connectivity index (χ2v) is 4.37. The summed E-state index contributed by atoms with van der Waals surface area (Å²) in [5.41, 5.74) is 2.13. The normalized spacial score (nSPS) is 10.8. The molecule has 0 spiro atoms. The number of carbonyl (C=O) groups excluding carboxylic acids is 1. The first-order valence-electron chi connectivity index (χ1n) is 6.26. The quantitative estimate of drug-likeness (QED) is 0.612. The van der Waals surface area contributed by atoms with Crippen molar-refractivity contribution < 1.29 is 14.1 Å². The number of nitrogens with zero attached hydrogens (tertiary/aromatic N) is 2. The number of rotatable bonds is 4. The second-order valence-electron chi connectivity index (χ2n) is 4.37. The lowest BCUT2D eigenvalue weighted by atomic mass is 10.3. The van der Waals surface area contributed by atoms with E-state index in [0.717, 1.165) is 30.4 Å². The number of carbonyl (C=O) groups is 1. The molecule has 4 heteroatoms. The van der Waals surface area contributed by atoms with Crippen LogP contribution in [-0.2, 0) is 18.3 Å². The van der Waals surface area contributed by atoms with Gasteiger partial charge in [-0.15, -0.1) is 0 Å². The van der Waals surface area contributed by atoms with Crippen LogP contribution in [0.1, 0.15) is 30.4 Å². The fourth-order valence-electron chi connectivity index (χ4n) is 2.27. The minimum absolute atomic E-state index is 0.287. The van der Waals surface area contributed by atoms with Crippen molar-refractivity contribution in [1.29, 1.82) is 0 Å². The van der Waals surface area contributed by atoms with Crippen LogP contribution in [0.15, 0.2) is 24.3 Å². The van der Waals surface area contributed by atoms with Crippen LogP contribution in [-0.4, -0.2) is 17.6 Å². The molecule has 0 amide bonds. The van der Waals surface area contributed by atoms with Crippen LogP contribution < -0.4 is 4.57 Å². The highest BCUT2D eigenvalue weighted by molar-refractivity contribution is 5.87. The monoisotopic (exact) mass is 247 g/mol. The molecule has 0 aliphatic rings. The van der Waals surface area contributed by atoms with Crippen molar-refractivity contribution in [3.63, 3.8) is 0 Å². The molecule has 1 aromatic heterocycles. The first kappa shape index (κ1) is 12.6. The van der Waals surface area contributed by atoms with E-state index in [0.29, 0.717) is 5.82 Å². The van der Waals surface area contributed by atoms with E-state index in [1.807, 2.05) is 40.4 Å². The van der Waals surface area contributed by atoms with Gasteiger partial charge in [-0.05, 0) is 18.6 Å². The average Bonchev–Trinajstić information content (AvgIpc) is 2.69. The summed E-state index contributed by atoms with van der Waals surface area (Å²) >= 11 is 0. The molecule has 4 nitrogen and oxygen atoms in total. The number of hydrogen-bond acceptors (Lipinski definition) is 2. The fraction of sp³-hybridized carbons (Fsp3) is 0.429. The summed E-state index contributed by atoms with van der Waals surface area (Å²) in [6.45, 7) is 2.98. The zero-order valence-corrected chi connectivity index (χ0v) is 11.1. The lowest BCUT2D eigenvalue weighted by Gasteiger charge is -2.00. The maximum absolute atomic E-state index is 11.9. The molecule has 0 aliphatic heterocycles. The minimum atomic E-state index is -0.287. The Morgan fingerprint density at radius 1 is 1.39 bits per heavy atom. The van der Waals surface area contributed by atoms with Gasteiger partial charge in [0.1, 0.15) is 0 Å². The number of imidazole rings is 1. The topological polar surface area (TPSA) is 35.1 Å². The van der Waals surface area contributed by atoms with Crippen LogP contribution in [0.3, 0.4) is 0 Å². The fourth-order valence-corrected chi connectivity index (χ4v) is 2.27. The van der Waals surface area contributed by atoms with Crippen molar-refractivity contribution in [3.8, 4) is 0 Å². The Kier molecular flexibility index (Phi) is 3.65. The number of hydrogen-bond donors (Lipinski definition) is 0.